The average Bonchev–Trinajstić information content (AvgIpc) is 2.64. The van der Waals surface area contributed by atoms with Crippen molar-refractivity contribution in [1.82, 2.24) is 4.98 Å². The minimum absolute atomic E-state index is 0.596. The summed E-state index contributed by atoms with van der Waals surface area (Å²) < 4.78 is 5.14. The molecule has 0 radical (unpaired) electrons. The summed E-state index contributed by atoms with van der Waals surface area (Å²) in [5.41, 5.74) is 1.06. The molecular weight excluding hydrogens is 276 g/mol. The number of thiazole rings is 1. The number of nitrogens with zero attached hydrogens (tertiary/aromatic N) is 2. The van der Waals surface area contributed by atoms with Crippen molar-refractivity contribution in [1.29, 1.82) is 0 Å². The summed E-state index contributed by atoms with van der Waals surface area (Å²) in [4.78, 5) is 8.12. The van der Waals surface area contributed by atoms with Crippen LogP contribution in [0.4, 0.5) is 5.13 Å². The van der Waals surface area contributed by atoms with Crippen LogP contribution in [0, 0.1) is 0 Å². The number of alkyl halides is 1. The van der Waals surface area contributed by atoms with Crippen LogP contribution >= 0.6 is 27.3 Å². The molecule has 86 valence electrons. The Labute approximate surface area is 104 Å². The highest BCUT2D eigenvalue weighted by atomic mass is 79.9. The summed E-state index contributed by atoms with van der Waals surface area (Å²) in [6.45, 7) is 6.89. The smallest absolute Gasteiger partial charge is 0.185 e. The van der Waals surface area contributed by atoms with Crippen LogP contribution in [0.3, 0.4) is 0 Å². The van der Waals surface area contributed by atoms with Gasteiger partial charge < -0.3 is 9.64 Å². The van der Waals surface area contributed by atoms with Gasteiger partial charge >= 0.3 is 0 Å². The second-order valence-corrected chi connectivity index (χ2v) is 4.73. The lowest BCUT2D eigenvalue weighted by Crippen LogP contribution is -2.21. The van der Waals surface area contributed by atoms with E-state index in [1.54, 1.807) is 18.4 Å². The number of hydrogen-bond acceptors (Lipinski definition) is 4. The number of rotatable bonds is 6. The molecule has 0 spiro atoms. The third-order valence-electron chi connectivity index (χ3n) is 2.20. The van der Waals surface area contributed by atoms with Crippen LogP contribution in [0.5, 0.6) is 0 Å². The molecular formula is C10H17BrN2OS. The van der Waals surface area contributed by atoms with Crippen molar-refractivity contribution in [3.8, 4) is 0 Å². The Hall–Kier alpha value is -0.130. The van der Waals surface area contributed by atoms with Crippen LogP contribution in [-0.2, 0) is 16.7 Å². The van der Waals surface area contributed by atoms with Crippen LogP contribution in [0.2, 0.25) is 0 Å². The molecule has 0 bridgehead atoms. The number of methoxy groups -OCH3 is 1. The summed E-state index contributed by atoms with van der Waals surface area (Å²) in [5.74, 6) is 0. The van der Waals surface area contributed by atoms with Gasteiger partial charge in [-0.1, -0.05) is 15.9 Å². The monoisotopic (exact) mass is 292 g/mol. The normalized spacial score (nSPS) is 10.7. The van der Waals surface area contributed by atoms with Crippen molar-refractivity contribution in [3.05, 3.63) is 10.6 Å². The van der Waals surface area contributed by atoms with Crippen LogP contribution in [0.1, 0.15) is 24.4 Å². The second-order valence-electron chi connectivity index (χ2n) is 3.11. The van der Waals surface area contributed by atoms with Crippen LogP contribution < -0.4 is 4.90 Å². The van der Waals surface area contributed by atoms with Gasteiger partial charge in [-0.2, -0.15) is 0 Å². The molecule has 0 fully saturated rings. The third kappa shape index (κ3) is 3.16. The highest BCUT2D eigenvalue weighted by Gasteiger charge is 2.13. The van der Waals surface area contributed by atoms with Gasteiger partial charge in [0.1, 0.15) is 0 Å². The average molecular weight is 293 g/mol. The first-order chi connectivity index (χ1) is 7.26. The van der Waals surface area contributed by atoms with Gasteiger partial charge in [-0.25, -0.2) is 4.98 Å². The van der Waals surface area contributed by atoms with Gasteiger partial charge in [-0.3, -0.25) is 0 Å². The number of hydrogen-bond donors (Lipinski definition) is 0. The maximum atomic E-state index is 5.14. The standard InChI is InChI=1S/C10H17BrN2OS/c1-4-13(5-2)10-12-8(7-14-3)9(6-11)15-10/h4-7H2,1-3H3. The maximum absolute atomic E-state index is 5.14. The molecule has 1 aromatic heterocycles. The number of halogens is 1. The summed E-state index contributed by atoms with van der Waals surface area (Å²) in [7, 11) is 1.70. The van der Waals surface area contributed by atoms with E-state index >= 15 is 0 Å². The van der Waals surface area contributed by atoms with E-state index in [4.69, 9.17) is 4.74 Å². The SMILES string of the molecule is CCN(CC)c1nc(COC)c(CBr)s1. The fraction of sp³-hybridized carbons (Fsp3) is 0.700. The van der Waals surface area contributed by atoms with Crippen molar-refractivity contribution in [3.63, 3.8) is 0 Å². The highest BCUT2D eigenvalue weighted by molar-refractivity contribution is 9.08. The Kier molecular flexibility index (Phi) is 5.56. The molecule has 0 aliphatic rings. The van der Waals surface area contributed by atoms with Crippen molar-refractivity contribution in [2.45, 2.75) is 25.8 Å². The summed E-state index contributed by atoms with van der Waals surface area (Å²) in [6, 6.07) is 0. The summed E-state index contributed by atoms with van der Waals surface area (Å²) in [6.07, 6.45) is 0. The van der Waals surface area contributed by atoms with Gasteiger partial charge in [0, 0.05) is 30.4 Å². The molecule has 0 aromatic carbocycles. The van der Waals surface area contributed by atoms with Gasteiger partial charge in [0.15, 0.2) is 5.13 Å². The maximum Gasteiger partial charge on any atom is 0.185 e. The lowest BCUT2D eigenvalue weighted by Gasteiger charge is -2.16. The van der Waals surface area contributed by atoms with E-state index in [2.05, 4.69) is 39.7 Å². The lowest BCUT2D eigenvalue weighted by molar-refractivity contribution is 0.181. The molecule has 5 heteroatoms. The molecule has 0 aliphatic heterocycles. The summed E-state index contributed by atoms with van der Waals surface area (Å²) >= 11 is 5.23. The Morgan fingerprint density at radius 1 is 1.40 bits per heavy atom. The van der Waals surface area contributed by atoms with Crippen LogP contribution in [0.25, 0.3) is 0 Å². The summed E-state index contributed by atoms with van der Waals surface area (Å²) in [5, 5.41) is 1.95. The van der Waals surface area contributed by atoms with E-state index in [0.29, 0.717) is 6.61 Å². The van der Waals surface area contributed by atoms with Crippen molar-refractivity contribution >= 4 is 32.4 Å². The molecule has 0 aliphatic carbocycles. The Morgan fingerprint density at radius 2 is 2.07 bits per heavy atom. The molecule has 0 saturated heterocycles. The van der Waals surface area contributed by atoms with E-state index in [-0.39, 0.29) is 0 Å². The van der Waals surface area contributed by atoms with E-state index in [1.807, 2.05) is 0 Å². The fourth-order valence-electron chi connectivity index (χ4n) is 1.35. The molecule has 0 unspecified atom stereocenters. The van der Waals surface area contributed by atoms with Gasteiger partial charge in [0.05, 0.1) is 12.3 Å². The van der Waals surface area contributed by atoms with Gasteiger partial charge in [0.25, 0.3) is 0 Å². The number of ether oxygens (including phenoxy) is 1. The fourth-order valence-corrected chi connectivity index (χ4v) is 3.06. The topological polar surface area (TPSA) is 25.4 Å². The van der Waals surface area contributed by atoms with E-state index in [1.165, 1.54) is 4.88 Å². The molecule has 1 heterocycles. The molecule has 0 saturated carbocycles. The predicted molar refractivity (Wildman–Crippen MR) is 69.0 cm³/mol. The minimum Gasteiger partial charge on any atom is -0.378 e. The van der Waals surface area contributed by atoms with Gasteiger partial charge in [-0.05, 0) is 13.8 Å². The quantitative estimate of drug-likeness (QED) is 0.754. The molecule has 0 N–H and O–H groups in total. The predicted octanol–water partition coefficient (Wildman–Crippen LogP) is 3.03. The van der Waals surface area contributed by atoms with Crippen molar-refractivity contribution in [2.75, 3.05) is 25.1 Å². The highest BCUT2D eigenvalue weighted by Crippen LogP contribution is 2.28. The van der Waals surface area contributed by atoms with Crippen molar-refractivity contribution < 1.29 is 4.74 Å². The largest absolute Gasteiger partial charge is 0.378 e. The first-order valence-electron chi connectivity index (χ1n) is 5.05. The van der Waals surface area contributed by atoms with E-state index in [9.17, 15) is 0 Å². The van der Waals surface area contributed by atoms with Crippen LogP contribution in [0.15, 0.2) is 0 Å². The van der Waals surface area contributed by atoms with Gasteiger partial charge in [-0.15, -0.1) is 11.3 Å². The van der Waals surface area contributed by atoms with E-state index < -0.39 is 0 Å². The number of aromatic nitrogens is 1. The molecule has 3 nitrogen and oxygen atoms in total. The second kappa shape index (κ2) is 6.45. The minimum atomic E-state index is 0.596. The zero-order valence-corrected chi connectivity index (χ0v) is 11.8. The lowest BCUT2D eigenvalue weighted by atomic mass is 10.4. The Morgan fingerprint density at radius 3 is 2.53 bits per heavy atom. The third-order valence-corrected chi connectivity index (χ3v) is 4.29. The molecule has 0 atom stereocenters. The van der Waals surface area contributed by atoms with Gasteiger partial charge in [0.2, 0.25) is 0 Å². The molecule has 0 amide bonds. The van der Waals surface area contributed by atoms with Crippen molar-refractivity contribution in [2.24, 2.45) is 0 Å². The van der Waals surface area contributed by atoms with E-state index in [0.717, 1.165) is 29.2 Å². The molecule has 15 heavy (non-hydrogen) atoms. The Balaban J connectivity index is 2.90. The first kappa shape index (κ1) is 12.9. The zero-order chi connectivity index (χ0) is 11.3. The Bertz CT molecular complexity index is 300. The zero-order valence-electron chi connectivity index (χ0n) is 9.42. The molecule has 1 aromatic rings. The van der Waals surface area contributed by atoms with Crippen LogP contribution in [-0.4, -0.2) is 25.2 Å². The first-order valence-corrected chi connectivity index (χ1v) is 6.98. The molecule has 1 rings (SSSR count). The number of anilines is 1.